The van der Waals surface area contributed by atoms with E-state index in [1.54, 1.807) is 12.1 Å². The molecular weight excluding hydrogens is 326 g/mol. The minimum Gasteiger partial charge on any atom is -0.344 e. The summed E-state index contributed by atoms with van der Waals surface area (Å²) in [4.78, 5) is 10.8. The second kappa shape index (κ2) is 5.81. The van der Waals surface area contributed by atoms with Gasteiger partial charge in [-0.15, -0.1) is 0 Å². The molecule has 5 nitrogen and oxygen atoms in total. The Hall–Kier alpha value is -3.47. The molecule has 4 aromatic rings. The number of nitrogens with zero attached hydrogens (tertiary/aromatic N) is 2. The number of rotatable bonds is 3. The van der Waals surface area contributed by atoms with Crippen molar-refractivity contribution in [1.29, 1.82) is 5.41 Å². The number of benzene rings is 3. The molecule has 0 radical (unpaired) electrons. The van der Waals surface area contributed by atoms with Gasteiger partial charge in [-0.3, -0.25) is 15.5 Å². The maximum Gasteiger partial charge on any atom is 0.270 e. The van der Waals surface area contributed by atoms with Crippen LogP contribution in [0.15, 0.2) is 60.7 Å². The van der Waals surface area contributed by atoms with Crippen molar-refractivity contribution >= 4 is 33.2 Å². The Morgan fingerprint density at radius 1 is 1.00 bits per heavy atom. The van der Waals surface area contributed by atoms with Crippen LogP contribution in [0.4, 0.5) is 5.69 Å². The van der Waals surface area contributed by atoms with E-state index in [1.165, 1.54) is 6.07 Å². The van der Waals surface area contributed by atoms with Crippen LogP contribution in [0, 0.1) is 22.4 Å². The van der Waals surface area contributed by atoms with Gasteiger partial charge in [-0.25, -0.2) is 0 Å². The molecule has 0 fully saturated rings. The topological polar surface area (TPSA) is 71.9 Å². The van der Waals surface area contributed by atoms with Gasteiger partial charge in [0.25, 0.3) is 5.69 Å². The lowest BCUT2D eigenvalue weighted by molar-refractivity contribution is -0.384. The van der Waals surface area contributed by atoms with E-state index >= 15 is 0 Å². The first-order valence-electron chi connectivity index (χ1n) is 8.29. The molecule has 0 aliphatic carbocycles. The zero-order chi connectivity index (χ0) is 18.4. The van der Waals surface area contributed by atoms with E-state index in [4.69, 9.17) is 5.41 Å². The number of non-ortho nitro benzene ring substituents is 1. The lowest BCUT2D eigenvalue weighted by atomic mass is 9.97. The Bertz CT molecular complexity index is 1200. The van der Waals surface area contributed by atoms with Gasteiger partial charge in [0.15, 0.2) is 0 Å². The molecule has 0 atom stereocenters. The highest BCUT2D eigenvalue weighted by molar-refractivity contribution is 6.16. The molecule has 0 saturated carbocycles. The fourth-order valence-electron chi connectivity index (χ4n) is 3.48. The third kappa shape index (κ3) is 2.37. The Morgan fingerprint density at radius 3 is 2.35 bits per heavy atom. The van der Waals surface area contributed by atoms with E-state index < -0.39 is 0 Å². The molecule has 4 rings (SSSR count). The number of aromatic nitrogens is 1. The minimum atomic E-state index is -0.377. The average molecular weight is 343 g/mol. The van der Waals surface area contributed by atoms with Crippen LogP contribution < -0.4 is 0 Å². The van der Waals surface area contributed by atoms with Gasteiger partial charge in [-0.1, -0.05) is 30.3 Å². The van der Waals surface area contributed by atoms with Crippen LogP contribution in [0.5, 0.6) is 0 Å². The van der Waals surface area contributed by atoms with E-state index in [0.717, 1.165) is 38.5 Å². The molecule has 1 aromatic heterocycles. The number of aryl methyl sites for hydroxylation is 2. The molecule has 26 heavy (non-hydrogen) atoms. The van der Waals surface area contributed by atoms with Crippen molar-refractivity contribution < 1.29 is 4.92 Å². The predicted octanol–water partition coefficient (Wildman–Crippen LogP) is 4.96. The summed E-state index contributed by atoms with van der Waals surface area (Å²) in [5, 5.41) is 21.5. The first-order valence-corrected chi connectivity index (χ1v) is 8.29. The summed E-state index contributed by atoms with van der Waals surface area (Å²) in [6.45, 7) is 1.99. The largest absolute Gasteiger partial charge is 0.344 e. The zero-order valence-electron chi connectivity index (χ0n) is 14.5. The van der Waals surface area contributed by atoms with Gasteiger partial charge in [-0.2, -0.15) is 0 Å². The van der Waals surface area contributed by atoms with Crippen molar-refractivity contribution in [2.45, 2.75) is 6.92 Å². The first-order chi connectivity index (χ1) is 12.5. The Balaban J connectivity index is 1.95. The summed E-state index contributed by atoms with van der Waals surface area (Å²) in [5.74, 6) is 0. The summed E-state index contributed by atoms with van der Waals surface area (Å²) in [6, 6.07) is 18.6. The highest BCUT2D eigenvalue weighted by atomic mass is 16.6. The maximum absolute atomic E-state index is 11.1. The number of fused-ring (bicyclic) bond motifs is 3. The molecule has 0 aliphatic rings. The van der Waals surface area contributed by atoms with E-state index in [2.05, 4.69) is 0 Å². The van der Waals surface area contributed by atoms with Crippen molar-refractivity contribution in [3.63, 3.8) is 0 Å². The number of nitrogens with one attached hydrogen (secondary N) is 1. The van der Waals surface area contributed by atoms with E-state index in [-0.39, 0.29) is 10.6 Å². The third-order valence-electron chi connectivity index (χ3n) is 4.90. The highest BCUT2D eigenvalue weighted by Crippen LogP contribution is 2.32. The van der Waals surface area contributed by atoms with Crippen LogP contribution in [-0.4, -0.2) is 15.2 Å². The predicted molar refractivity (Wildman–Crippen MR) is 104 cm³/mol. The Labute approximate surface area is 150 Å². The van der Waals surface area contributed by atoms with Gasteiger partial charge in [0.1, 0.15) is 0 Å². The van der Waals surface area contributed by atoms with Gasteiger partial charge < -0.3 is 4.57 Å². The van der Waals surface area contributed by atoms with Crippen molar-refractivity contribution in [3.8, 4) is 0 Å². The van der Waals surface area contributed by atoms with Crippen LogP contribution in [-0.2, 0) is 7.05 Å². The van der Waals surface area contributed by atoms with Gasteiger partial charge >= 0.3 is 0 Å². The number of hydrogen-bond acceptors (Lipinski definition) is 3. The van der Waals surface area contributed by atoms with E-state index in [0.29, 0.717) is 5.71 Å². The lowest BCUT2D eigenvalue weighted by Crippen LogP contribution is -2.03. The van der Waals surface area contributed by atoms with Crippen LogP contribution in [0.3, 0.4) is 0 Å². The molecule has 0 spiro atoms. The molecule has 1 heterocycles. The summed E-state index contributed by atoms with van der Waals surface area (Å²) in [5.41, 5.74) is 5.18. The summed E-state index contributed by atoms with van der Waals surface area (Å²) in [7, 11) is 1.95. The minimum absolute atomic E-state index is 0.0735. The molecular formula is C21H17N3O2. The molecule has 0 aliphatic heterocycles. The fraction of sp³-hybridized carbons (Fsp3) is 0.0952. The monoisotopic (exact) mass is 343 g/mol. The highest BCUT2D eigenvalue weighted by Gasteiger charge is 2.15. The molecule has 128 valence electrons. The number of nitro benzene ring substituents is 1. The van der Waals surface area contributed by atoms with Crippen LogP contribution in [0.1, 0.15) is 16.7 Å². The van der Waals surface area contributed by atoms with Crippen LogP contribution >= 0.6 is 0 Å². The van der Waals surface area contributed by atoms with Crippen molar-refractivity contribution in [1.82, 2.24) is 4.57 Å². The number of hydrogen-bond donors (Lipinski definition) is 1. The molecule has 0 saturated heterocycles. The average Bonchev–Trinajstić information content (AvgIpc) is 2.93. The smallest absolute Gasteiger partial charge is 0.270 e. The van der Waals surface area contributed by atoms with Crippen LogP contribution in [0.2, 0.25) is 0 Å². The van der Waals surface area contributed by atoms with Crippen LogP contribution in [0.25, 0.3) is 21.8 Å². The van der Waals surface area contributed by atoms with E-state index in [9.17, 15) is 10.1 Å². The van der Waals surface area contributed by atoms with Crippen molar-refractivity contribution in [2.24, 2.45) is 7.05 Å². The molecule has 0 unspecified atom stereocenters. The molecule has 1 N–H and O–H groups in total. The van der Waals surface area contributed by atoms with Gasteiger partial charge in [-0.05, 0) is 30.7 Å². The second-order valence-corrected chi connectivity index (χ2v) is 6.44. The zero-order valence-corrected chi connectivity index (χ0v) is 14.5. The van der Waals surface area contributed by atoms with Crippen molar-refractivity contribution in [2.75, 3.05) is 0 Å². The quantitative estimate of drug-likeness (QED) is 0.324. The Kier molecular flexibility index (Phi) is 3.58. The summed E-state index contributed by atoms with van der Waals surface area (Å²) >= 11 is 0. The van der Waals surface area contributed by atoms with Gasteiger partial charge in [0, 0.05) is 52.1 Å². The summed E-state index contributed by atoms with van der Waals surface area (Å²) in [6.07, 6.45) is 0. The molecule has 5 heteroatoms. The summed E-state index contributed by atoms with van der Waals surface area (Å²) < 4.78 is 2.02. The first kappa shape index (κ1) is 16.0. The second-order valence-electron chi connectivity index (χ2n) is 6.44. The molecule has 3 aromatic carbocycles. The SMILES string of the molecule is Cc1ccccc1C(=N)c1ccc2c(c1)c1cc([N+](=O)[O-])ccc1n2C. The van der Waals surface area contributed by atoms with Gasteiger partial charge in [0.05, 0.1) is 10.6 Å². The lowest BCUT2D eigenvalue weighted by Gasteiger charge is -2.08. The van der Waals surface area contributed by atoms with E-state index in [1.807, 2.05) is 61.0 Å². The maximum atomic E-state index is 11.1. The Morgan fingerprint density at radius 2 is 1.65 bits per heavy atom. The normalized spacial score (nSPS) is 11.2. The third-order valence-corrected chi connectivity index (χ3v) is 4.90. The number of nitro groups is 1. The molecule has 0 bridgehead atoms. The van der Waals surface area contributed by atoms with Crippen molar-refractivity contribution in [3.05, 3.63) is 87.5 Å². The van der Waals surface area contributed by atoms with Gasteiger partial charge in [0.2, 0.25) is 0 Å². The standard InChI is InChI=1S/C21H17N3O2/c1-13-5-3-4-6-16(13)21(22)14-7-9-19-17(11-14)18-12-15(24(25)26)8-10-20(18)23(19)2/h3-12,22H,1-2H3. The fourth-order valence-corrected chi connectivity index (χ4v) is 3.48. The molecule has 0 amide bonds.